The molecule has 4 unspecified atom stereocenters. The number of carbonyl (C=O) groups excluding carboxylic acids is 6. The average Bonchev–Trinajstić information content (AvgIpc) is 3.38. The number of carbonyl (C=O) groups is 6. The Bertz CT molecular complexity index is 1540. The number of rotatable bonds is 17. The second kappa shape index (κ2) is 19.2. The third-order valence-corrected chi connectivity index (χ3v) is 9.70. The molecule has 2 rings (SSSR count). The fraction of sp³-hybridized carbons (Fsp3) is 0.556. The molecule has 13 nitrogen and oxygen atoms in total. The Hall–Kier alpha value is -4.30. The molecule has 276 valence electrons. The largest absolute Gasteiger partial charge is 0.465 e. The van der Waals surface area contributed by atoms with Crippen LogP contribution in [0.2, 0.25) is 0 Å². The van der Waals surface area contributed by atoms with Gasteiger partial charge in [-0.05, 0) is 54.7 Å². The Labute approximate surface area is 299 Å². The number of hydrogen-bond acceptors (Lipinski definition) is 9. The molecule has 0 radical (unpaired) electrons. The minimum atomic E-state index is -0.907. The first-order valence-corrected chi connectivity index (χ1v) is 17.8. The Kier molecular flexibility index (Phi) is 16.1. The molecule has 50 heavy (non-hydrogen) atoms. The van der Waals surface area contributed by atoms with Crippen molar-refractivity contribution in [3.8, 4) is 0 Å². The molecular formula is C36H54N6O7S. The van der Waals surface area contributed by atoms with E-state index in [9.17, 15) is 28.8 Å². The SMILES string of the molecule is CCC(C(=O)Nc1sc(C(=O)NCCNC(=O)C(NC(=O)C(NC(=O)C(N)C(C)C)C(C)C)C(C)C)c(C)c1C(=O)OC)c1ccccc1C. The van der Waals surface area contributed by atoms with Crippen molar-refractivity contribution in [2.24, 2.45) is 23.5 Å². The van der Waals surface area contributed by atoms with E-state index in [1.54, 1.807) is 34.6 Å². The number of hydrogen-bond donors (Lipinski definition) is 6. The topological polar surface area (TPSA) is 198 Å². The number of nitrogens with one attached hydrogen (secondary N) is 5. The summed E-state index contributed by atoms with van der Waals surface area (Å²) >= 11 is 0.968. The summed E-state index contributed by atoms with van der Waals surface area (Å²) in [5, 5.41) is 14.0. The van der Waals surface area contributed by atoms with Crippen LogP contribution in [0, 0.1) is 31.6 Å². The lowest BCUT2D eigenvalue weighted by Gasteiger charge is -2.28. The van der Waals surface area contributed by atoms with Gasteiger partial charge >= 0.3 is 5.97 Å². The fourth-order valence-corrected chi connectivity index (χ4v) is 6.42. The summed E-state index contributed by atoms with van der Waals surface area (Å²) in [4.78, 5) is 78.5. The molecule has 0 spiro atoms. The molecule has 1 aromatic heterocycles. The molecule has 0 aliphatic heterocycles. The van der Waals surface area contributed by atoms with E-state index in [4.69, 9.17) is 10.5 Å². The number of anilines is 1. The van der Waals surface area contributed by atoms with Crippen LogP contribution in [0.1, 0.15) is 97.5 Å². The van der Waals surface area contributed by atoms with Gasteiger partial charge in [-0.25, -0.2) is 4.79 Å². The highest BCUT2D eigenvalue weighted by molar-refractivity contribution is 7.18. The highest BCUT2D eigenvalue weighted by atomic mass is 32.1. The highest BCUT2D eigenvalue weighted by Gasteiger charge is 2.32. The summed E-state index contributed by atoms with van der Waals surface area (Å²) in [7, 11) is 1.23. The van der Waals surface area contributed by atoms with Gasteiger partial charge < -0.3 is 37.1 Å². The Balaban J connectivity index is 2.10. The Morgan fingerprint density at radius 1 is 0.780 bits per heavy atom. The van der Waals surface area contributed by atoms with Gasteiger partial charge in [0.05, 0.1) is 29.5 Å². The smallest absolute Gasteiger partial charge is 0.341 e. The minimum absolute atomic E-state index is 0.0406. The van der Waals surface area contributed by atoms with Gasteiger partial charge in [-0.1, -0.05) is 72.7 Å². The summed E-state index contributed by atoms with van der Waals surface area (Å²) in [6.45, 7) is 16.3. The molecule has 4 atom stereocenters. The van der Waals surface area contributed by atoms with Gasteiger partial charge in [0.1, 0.15) is 17.1 Å². The number of methoxy groups -OCH3 is 1. The molecule has 1 aromatic carbocycles. The van der Waals surface area contributed by atoms with E-state index in [-0.39, 0.29) is 52.2 Å². The molecule has 0 saturated carbocycles. The molecule has 14 heteroatoms. The number of ether oxygens (including phenoxy) is 1. The number of benzene rings is 1. The van der Waals surface area contributed by atoms with Gasteiger partial charge in [0.15, 0.2) is 0 Å². The second-order valence-electron chi connectivity index (χ2n) is 13.3. The molecule has 0 aliphatic rings. The van der Waals surface area contributed by atoms with Crippen molar-refractivity contribution < 1.29 is 33.5 Å². The predicted molar refractivity (Wildman–Crippen MR) is 195 cm³/mol. The monoisotopic (exact) mass is 714 g/mol. The number of nitrogens with two attached hydrogens (primary N) is 1. The van der Waals surface area contributed by atoms with Crippen LogP contribution in [0.3, 0.4) is 0 Å². The Morgan fingerprint density at radius 2 is 1.34 bits per heavy atom. The van der Waals surface area contributed by atoms with Crippen LogP contribution in [-0.2, 0) is 23.9 Å². The molecule has 7 N–H and O–H groups in total. The summed E-state index contributed by atoms with van der Waals surface area (Å²) < 4.78 is 4.96. The molecule has 0 bridgehead atoms. The Morgan fingerprint density at radius 3 is 1.88 bits per heavy atom. The molecule has 0 saturated heterocycles. The highest BCUT2D eigenvalue weighted by Crippen LogP contribution is 2.35. The van der Waals surface area contributed by atoms with E-state index in [1.807, 2.05) is 52.0 Å². The fourth-order valence-electron chi connectivity index (χ4n) is 5.31. The summed E-state index contributed by atoms with van der Waals surface area (Å²) in [5.41, 5.74) is 8.25. The number of amides is 5. The lowest BCUT2D eigenvalue weighted by molar-refractivity contribution is -0.134. The summed E-state index contributed by atoms with van der Waals surface area (Å²) in [5.74, 6) is -4.05. The van der Waals surface area contributed by atoms with E-state index in [0.717, 1.165) is 22.5 Å². The predicted octanol–water partition coefficient (Wildman–Crippen LogP) is 3.39. The van der Waals surface area contributed by atoms with E-state index in [0.29, 0.717) is 12.0 Å². The number of thiophene rings is 1. The van der Waals surface area contributed by atoms with Crippen LogP contribution >= 0.6 is 11.3 Å². The first kappa shape index (κ1) is 41.9. The minimum Gasteiger partial charge on any atom is -0.465 e. The summed E-state index contributed by atoms with van der Waals surface area (Å²) in [6, 6.07) is 5.01. The quantitative estimate of drug-likeness (QED) is 0.106. The van der Waals surface area contributed by atoms with Crippen LogP contribution in [0.5, 0.6) is 0 Å². The number of aryl methyl sites for hydroxylation is 1. The molecule has 2 aromatic rings. The van der Waals surface area contributed by atoms with Gasteiger partial charge in [0.25, 0.3) is 5.91 Å². The normalized spacial score (nSPS) is 13.6. The van der Waals surface area contributed by atoms with Crippen molar-refractivity contribution in [1.29, 1.82) is 0 Å². The van der Waals surface area contributed by atoms with Gasteiger partial charge in [0.2, 0.25) is 23.6 Å². The first-order valence-electron chi connectivity index (χ1n) is 17.0. The van der Waals surface area contributed by atoms with Crippen molar-refractivity contribution in [3.05, 3.63) is 51.4 Å². The van der Waals surface area contributed by atoms with Gasteiger partial charge in [0, 0.05) is 13.1 Å². The van der Waals surface area contributed by atoms with Gasteiger partial charge in [-0.15, -0.1) is 11.3 Å². The molecule has 0 aliphatic carbocycles. The average molecular weight is 715 g/mol. The van der Waals surface area contributed by atoms with Crippen molar-refractivity contribution in [1.82, 2.24) is 21.3 Å². The van der Waals surface area contributed by atoms with E-state index >= 15 is 0 Å². The maximum atomic E-state index is 13.4. The molecule has 1 heterocycles. The van der Waals surface area contributed by atoms with Gasteiger partial charge in [-0.3, -0.25) is 24.0 Å². The summed E-state index contributed by atoms with van der Waals surface area (Å²) in [6.07, 6.45) is 0.525. The van der Waals surface area contributed by atoms with E-state index < -0.39 is 53.6 Å². The third-order valence-electron chi connectivity index (χ3n) is 8.49. The number of esters is 1. The third kappa shape index (κ3) is 10.8. The molecule has 5 amide bonds. The lowest BCUT2D eigenvalue weighted by atomic mass is 9.92. The lowest BCUT2D eigenvalue weighted by Crippen LogP contribution is -2.59. The zero-order valence-electron chi connectivity index (χ0n) is 30.8. The maximum absolute atomic E-state index is 13.4. The van der Waals surface area contributed by atoms with E-state index in [1.165, 1.54) is 7.11 Å². The molecular weight excluding hydrogens is 660 g/mol. The molecule has 0 fully saturated rings. The van der Waals surface area contributed by atoms with Crippen LogP contribution in [-0.4, -0.2) is 73.8 Å². The van der Waals surface area contributed by atoms with Crippen molar-refractivity contribution in [2.45, 2.75) is 92.8 Å². The maximum Gasteiger partial charge on any atom is 0.341 e. The van der Waals surface area contributed by atoms with Crippen molar-refractivity contribution in [3.63, 3.8) is 0 Å². The van der Waals surface area contributed by atoms with Crippen LogP contribution in [0.4, 0.5) is 5.00 Å². The zero-order valence-corrected chi connectivity index (χ0v) is 31.6. The van der Waals surface area contributed by atoms with Crippen molar-refractivity contribution >= 4 is 51.8 Å². The van der Waals surface area contributed by atoms with Crippen LogP contribution in [0.25, 0.3) is 0 Å². The van der Waals surface area contributed by atoms with Crippen molar-refractivity contribution in [2.75, 3.05) is 25.5 Å². The first-order chi connectivity index (χ1) is 23.5. The van der Waals surface area contributed by atoms with Gasteiger partial charge in [-0.2, -0.15) is 0 Å². The standard InChI is InChI=1S/C36H54N6O7S/c1-11-23(24-15-13-12-14-21(24)8)30(43)42-35-25(36(48)49-10)22(9)29(50-35)34(47)39-17-16-38-32(45)27(19(4)5)41-33(46)28(20(6)7)40-31(44)26(37)18(2)3/h12-15,18-20,23,26-28H,11,16-17,37H2,1-10H3,(H,38,45)(H,39,47)(H,40,44)(H,41,46)(H,42,43). The van der Waals surface area contributed by atoms with Crippen LogP contribution < -0.4 is 32.3 Å². The zero-order chi connectivity index (χ0) is 37.9. The van der Waals surface area contributed by atoms with E-state index in [2.05, 4.69) is 26.6 Å². The second-order valence-corrected chi connectivity index (χ2v) is 14.4. The van der Waals surface area contributed by atoms with Crippen LogP contribution in [0.15, 0.2) is 24.3 Å².